The predicted molar refractivity (Wildman–Crippen MR) is 68.7 cm³/mol. The van der Waals surface area contributed by atoms with Gasteiger partial charge >= 0.3 is 11.9 Å². The van der Waals surface area contributed by atoms with Gasteiger partial charge in [-0.05, 0) is 6.42 Å². The summed E-state index contributed by atoms with van der Waals surface area (Å²) < 4.78 is 15.2. The van der Waals surface area contributed by atoms with Gasteiger partial charge in [0.25, 0.3) is 0 Å². The zero-order valence-electron chi connectivity index (χ0n) is 11.7. The first-order chi connectivity index (χ1) is 9.15. The predicted octanol–water partition coefficient (Wildman–Crippen LogP) is 0.594. The smallest absolute Gasteiger partial charge is 0.320 e. The molecule has 6 nitrogen and oxygen atoms in total. The lowest BCUT2D eigenvalue weighted by Crippen LogP contribution is -2.45. The van der Waals surface area contributed by atoms with Crippen LogP contribution in [0.25, 0.3) is 0 Å². The molecular formula is C13H23NO5. The van der Waals surface area contributed by atoms with Gasteiger partial charge in [0, 0.05) is 13.1 Å². The van der Waals surface area contributed by atoms with Crippen LogP contribution in [0.5, 0.6) is 0 Å². The van der Waals surface area contributed by atoms with Gasteiger partial charge in [0.1, 0.15) is 0 Å². The van der Waals surface area contributed by atoms with Crippen LogP contribution in [0.4, 0.5) is 0 Å². The Labute approximate surface area is 114 Å². The number of hydrogen-bond acceptors (Lipinski definition) is 6. The molecule has 0 saturated carbocycles. The maximum atomic E-state index is 11.6. The Hall–Kier alpha value is -1.14. The SMILES string of the molecule is CCCCOC(=O)CN1CCOC(CC(=O)OC)C1. The van der Waals surface area contributed by atoms with Gasteiger partial charge in [-0.1, -0.05) is 13.3 Å². The number of carbonyl (C=O) groups excluding carboxylic acids is 2. The molecule has 0 aliphatic carbocycles. The lowest BCUT2D eigenvalue weighted by atomic mass is 10.2. The van der Waals surface area contributed by atoms with Crippen molar-refractivity contribution < 1.29 is 23.8 Å². The average Bonchev–Trinajstić information content (AvgIpc) is 2.39. The van der Waals surface area contributed by atoms with Gasteiger partial charge < -0.3 is 14.2 Å². The van der Waals surface area contributed by atoms with Crippen molar-refractivity contribution in [2.45, 2.75) is 32.3 Å². The summed E-state index contributed by atoms with van der Waals surface area (Å²) in [7, 11) is 1.36. The summed E-state index contributed by atoms with van der Waals surface area (Å²) in [5.74, 6) is -0.510. The molecule has 1 unspecified atom stereocenters. The zero-order chi connectivity index (χ0) is 14.1. The van der Waals surface area contributed by atoms with E-state index in [1.54, 1.807) is 0 Å². The van der Waals surface area contributed by atoms with Crippen molar-refractivity contribution in [2.24, 2.45) is 0 Å². The third kappa shape index (κ3) is 6.54. The summed E-state index contributed by atoms with van der Waals surface area (Å²) in [4.78, 5) is 24.7. The summed E-state index contributed by atoms with van der Waals surface area (Å²) in [6.45, 7) is 4.53. The molecule has 110 valence electrons. The van der Waals surface area contributed by atoms with Crippen molar-refractivity contribution >= 4 is 11.9 Å². The van der Waals surface area contributed by atoms with E-state index in [1.807, 2.05) is 11.8 Å². The molecule has 19 heavy (non-hydrogen) atoms. The second kappa shape index (κ2) is 8.87. The zero-order valence-corrected chi connectivity index (χ0v) is 11.7. The van der Waals surface area contributed by atoms with E-state index in [0.717, 1.165) is 12.8 Å². The molecule has 1 saturated heterocycles. The van der Waals surface area contributed by atoms with Gasteiger partial charge in [-0.25, -0.2) is 0 Å². The van der Waals surface area contributed by atoms with E-state index < -0.39 is 0 Å². The molecule has 1 fully saturated rings. The van der Waals surface area contributed by atoms with Crippen molar-refractivity contribution in [1.29, 1.82) is 0 Å². The van der Waals surface area contributed by atoms with Crippen LogP contribution in [0, 0.1) is 0 Å². The molecule has 0 amide bonds. The van der Waals surface area contributed by atoms with E-state index in [-0.39, 0.29) is 31.0 Å². The highest BCUT2D eigenvalue weighted by molar-refractivity contribution is 5.72. The van der Waals surface area contributed by atoms with E-state index in [1.165, 1.54) is 7.11 Å². The molecule has 0 radical (unpaired) electrons. The first kappa shape index (κ1) is 15.9. The topological polar surface area (TPSA) is 65.1 Å². The van der Waals surface area contributed by atoms with Crippen LogP contribution >= 0.6 is 0 Å². The minimum atomic E-state index is -0.294. The molecule has 0 aromatic heterocycles. The molecule has 1 aliphatic rings. The number of methoxy groups -OCH3 is 1. The maximum absolute atomic E-state index is 11.6. The number of ether oxygens (including phenoxy) is 3. The Balaban J connectivity index is 2.26. The summed E-state index contributed by atoms with van der Waals surface area (Å²) in [6, 6.07) is 0. The molecular weight excluding hydrogens is 250 g/mol. The Morgan fingerprint density at radius 3 is 2.84 bits per heavy atom. The fraction of sp³-hybridized carbons (Fsp3) is 0.846. The molecule has 1 atom stereocenters. The van der Waals surface area contributed by atoms with Crippen molar-refractivity contribution in [2.75, 3.05) is 40.0 Å². The lowest BCUT2D eigenvalue weighted by molar-refractivity contribution is -0.149. The minimum Gasteiger partial charge on any atom is -0.469 e. The molecule has 1 rings (SSSR count). The molecule has 1 heterocycles. The van der Waals surface area contributed by atoms with E-state index in [4.69, 9.17) is 9.47 Å². The van der Waals surface area contributed by atoms with Crippen molar-refractivity contribution in [3.8, 4) is 0 Å². The summed E-state index contributed by atoms with van der Waals surface area (Å²) in [6.07, 6.45) is 1.91. The van der Waals surface area contributed by atoms with Crippen molar-refractivity contribution in [1.82, 2.24) is 4.90 Å². The number of nitrogens with zero attached hydrogens (tertiary/aromatic N) is 1. The Kier molecular flexibility index (Phi) is 7.43. The average molecular weight is 273 g/mol. The highest BCUT2D eigenvalue weighted by atomic mass is 16.5. The number of carbonyl (C=O) groups is 2. The van der Waals surface area contributed by atoms with Crippen LogP contribution in [0.2, 0.25) is 0 Å². The molecule has 0 spiro atoms. The highest BCUT2D eigenvalue weighted by Gasteiger charge is 2.24. The van der Waals surface area contributed by atoms with Crippen molar-refractivity contribution in [3.05, 3.63) is 0 Å². The van der Waals surface area contributed by atoms with Crippen molar-refractivity contribution in [3.63, 3.8) is 0 Å². The minimum absolute atomic E-state index is 0.204. The monoisotopic (exact) mass is 273 g/mol. The largest absolute Gasteiger partial charge is 0.469 e. The first-order valence-corrected chi connectivity index (χ1v) is 6.72. The summed E-state index contributed by atoms with van der Waals surface area (Å²) >= 11 is 0. The third-order valence-corrected chi connectivity index (χ3v) is 2.96. The fourth-order valence-corrected chi connectivity index (χ4v) is 1.88. The molecule has 6 heteroatoms. The molecule has 1 aliphatic heterocycles. The second-order valence-corrected chi connectivity index (χ2v) is 4.58. The normalized spacial score (nSPS) is 20.0. The van der Waals surface area contributed by atoms with Crippen LogP contribution in [0.15, 0.2) is 0 Å². The van der Waals surface area contributed by atoms with E-state index in [9.17, 15) is 9.59 Å². The quantitative estimate of drug-likeness (QED) is 0.500. The molecule has 0 aromatic carbocycles. The van der Waals surface area contributed by atoms with Crippen LogP contribution in [0.3, 0.4) is 0 Å². The van der Waals surface area contributed by atoms with Crippen LogP contribution in [0.1, 0.15) is 26.2 Å². The lowest BCUT2D eigenvalue weighted by Gasteiger charge is -2.31. The molecule has 0 aromatic rings. The second-order valence-electron chi connectivity index (χ2n) is 4.58. The van der Waals surface area contributed by atoms with Gasteiger partial charge in [0.2, 0.25) is 0 Å². The molecule has 0 N–H and O–H groups in total. The van der Waals surface area contributed by atoms with Gasteiger partial charge in [-0.15, -0.1) is 0 Å². The van der Waals surface area contributed by atoms with Gasteiger partial charge in [-0.2, -0.15) is 0 Å². The number of esters is 2. The van der Waals surface area contributed by atoms with Crippen LogP contribution < -0.4 is 0 Å². The van der Waals surface area contributed by atoms with Crippen LogP contribution in [-0.4, -0.2) is 62.9 Å². The Bertz CT molecular complexity index is 295. The highest BCUT2D eigenvalue weighted by Crippen LogP contribution is 2.09. The Morgan fingerprint density at radius 2 is 2.16 bits per heavy atom. The number of morpholine rings is 1. The third-order valence-electron chi connectivity index (χ3n) is 2.96. The maximum Gasteiger partial charge on any atom is 0.320 e. The van der Waals surface area contributed by atoms with Gasteiger partial charge in [0.05, 0.1) is 39.4 Å². The van der Waals surface area contributed by atoms with Gasteiger partial charge in [-0.3, -0.25) is 14.5 Å². The Morgan fingerprint density at radius 1 is 1.37 bits per heavy atom. The number of unbranched alkanes of at least 4 members (excludes halogenated alkanes) is 1. The number of hydrogen-bond donors (Lipinski definition) is 0. The first-order valence-electron chi connectivity index (χ1n) is 6.72. The standard InChI is InChI=1S/C13H23NO5/c1-3-4-6-19-13(16)10-14-5-7-18-11(9-14)8-12(15)17-2/h11H,3-10H2,1-2H3. The fourth-order valence-electron chi connectivity index (χ4n) is 1.88. The van der Waals surface area contributed by atoms with Gasteiger partial charge in [0.15, 0.2) is 0 Å². The summed E-state index contributed by atoms with van der Waals surface area (Å²) in [5, 5.41) is 0. The van der Waals surface area contributed by atoms with E-state index in [0.29, 0.717) is 26.3 Å². The van der Waals surface area contributed by atoms with E-state index in [2.05, 4.69) is 4.74 Å². The molecule has 0 bridgehead atoms. The van der Waals surface area contributed by atoms with Crippen LogP contribution in [-0.2, 0) is 23.8 Å². The van der Waals surface area contributed by atoms with E-state index >= 15 is 0 Å². The number of rotatable bonds is 7. The summed E-state index contributed by atoms with van der Waals surface area (Å²) in [5.41, 5.74) is 0.